The lowest BCUT2D eigenvalue weighted by atomic mass is 9.40. The molecule has 3 fully saturated rings. The fraction of sp³-hybridized carbons (Fsp3) is 0.323. The summed E-state index contributed by atoms with van der Waals surface area (Å²) in [6.45, 7) is 6.47. The van der Waals surface area contributed by atoms with Gasteiger partial charge in [0, 0.05) is 18.2 Å². The van der Waals surface area contributed by atoms with Crippen molar-refractivity contribution in [3.63, 3.8) is 0 Å². The van der Waals surface area contributed by atoms with Crippen LogP contribution in [0.3, 0.4) is 0 Å². The molecule has 2 heterocycles. The van der Waals surface area contributed by atoms with Crippen molar-refractivity contribution >= 4 is 23.2 Å². The van der Waals surface area contributed by atoms with Gasteiger partial charge in [-0.1, -0.05) is 12.1 Å². The normalized spacial score (nSPS) is 20.9. The van der Waals surface area contributed by atoms with Gasteiger partial charge in [-0.15, -0.1) is 0 Å². The Hall–Kier alpha value is -4.89. The zero-order valence-corrected chi connectivity index (χ0v) is 22.9. The molecule has 2 aromatic heterocycles. The number of fused-ring (bicyclic) bond motifs is 1. The number of ether oxygens (including phenoxy) is 2. The number of benzene rings is 2. The molecule has 0 aliphatic heterocycles. The monoisotopic (exact) mass is 531 g/mol. The molecule has 3 aliphatic rings. The van der Waals surface area contributed by atoms with Crippen molar-refractivity contribution in [1.29, 1.82) is 10.5 Å². The Kier molecular flexibility index (Phi) is 5.96. The van der Waals surface area contributed by atoms with Crippen molar-refractivity contribution in [2.45, 2.75) is 52.1 Å². The molecule has 0 saturated heterocycles. The number of nitriles is 2. The molecule has 0 unspecified atom stereocenters. The summed E-state index contributed by atoms with van der Waals surface area (Å²) in [7, 11) is 1.65. The number of anilines is 1. The first-order valence-corrected chi connectivity index (χ1v) is 13.2. The molecule has 3 saturated carbocycles. The van der Waals surface area contributed by atoms with E-state index in [1.807, 2.05) is 63.2 Å². The van der Waals surface area contributed by atoms with E-state index in [-0.39, 0.29) is 11.0 Å². The van der Waals surface area contributed by atoms with Crippen molar-refractivity contribution in [2.75, 3.05) is 12.4 Å². The van der Waals surface area contributed by atoms with Crippen LogP contribution in [0.4, 0.5) is 5.95 Å². The third-order valence-corrected chi connectivity index (χ3v) is 7.94. The molecule has 3 aliphatic carbocycles. The van der Waals surface area contributed by atoms with E-state index in [1.54, 1.807) is 13.2 Å². The van der Waals surface area contributed by atoms with Crippen molar-refractivity contribution in [3.05, 3.63) is 70.6 Å². The molecule has 4 aromatic rings. The van der Waals surface area contributed by atoms with Gasteiger partial charge in [0.25, 0.3) is 5.88 Å². The molecule has 0 spiro atoms. The Morgan fingerprint density at radius 1 is 1.02 bits per heavy atom. The standard InChI is InChI=1S/C31H29N7O2/c1-19-12-23(6-5-11-32)13-20(2)26(19)40-28-25-27(35-29(36-28)37-31-15-30(16-31,17-31)18-33)34-21(3)38(25)14-22-7-9-24(39-4)10-8-22/h5-10,12-13H,14-17H2,1-4H3,(H,35,36,37)/b6-5+. The largest absolute Gasteiger partial charge is 0.497 e. The highest BCUT2D eigenvalue weighted by Crippen LogP contribution is 2.67. The van der Waals surface area contributed by atoms with E-state index in [0.717, 1.165) is 53.1 Å². The third-order valence-electron chi connectivity index (χ3n) is 7.94. The molecule has 9 nitrogen and oxygen atoms in total. The summed E-state index contributed by atoms with van der Waals surface area (Å²) < 4.78 is 14.0. The van der Waals surface area contributed by atoms with Crippen LogP contribution in [0.2, 0.25) is 0 Å². The van der Waals surface area contributed by atoms with E-state index in [1.165, 1.54) is 6.08 Å². The summed E-state index contributed by atoms with van der Waals surface area (Å²) in [6, 6.07) is 16.4. The van der Waals surface area contributed by atoms with Crippen LogP contribution in [0.1, 0.15) is 47.3 Å². The molecule has 1 N–H and O–H groups in total. The van der Waals surface area contributed by atoms with Gasteiger partial charge in [0.15, 0.2) is 11.2 Å². The van der Waals surface area contributed by atoms with Crippen LogP contribution in [0.25, 0.3) is 17.2 Å². The summed E-state index contributed by atoms with van der Waals surface area (Å²) in [6.07, 6.45) is 5.64. The van der Waals surface area contributed by atoms with Gasteiger partial charge in [-0.05, 0) is 92.6 Å². The molecule has 9 heteroatoms. The molecular weight excluding hydrogens is 502 g/mol. The lowest BCUT2D eigenvalue weighted by Gasteiger charge is -2.66. The molecule has 0 amide bonds. The maximum atomic E-state index is 9.45. The highest BCUT2D eigenvalue weighted by Gasteiger charge is 2.69. The summed E-state index contributed by atoms with van der Waals surface area (Å²) >= 11 is 0. The first-order chi connectivity index (χ1) is 19.3. The number of methoxy groups -OCH3 is 1. The van der Waals surface area contributed by atoms with Crippen molar-refractivity contribution in [2.24, 2.45) is 5.41 Å². The van der Waals surface area contributed by atoms with Crippen LogP contribution in [0.5, 0.6) is 17.4 Å². The number of allylic oxidation sites excluding steroid dienone is 1. The van der Waals surface area contributed by atoms with Crippen LogP contribution < -0.4 is 14.8 Å². The molecule has 2 bridgehead atoms. The van der Waals surface area contributed by atoms with Crippen molar-refractivity contribution in [1.82, 2.24) is 19.5 Å². The highest BCUT2D eigenvalue weighted by atomic mass is 16.5. The number of nitrogens with one attached hydrogen (secondary N) is 1. The van der Waals surface area contributed by atoms with Crippen molar-refractivity contribution in [3.8, 4) is 29.5 Å². The van der Waals surface area contributed by atoms with E-state index < -0.39 is 0 Å². The molecular formula is C31H29N7O2. The summed E-state index contributed by atoms with van der Waals surface area (Å²) in [4.78, 5) is 14.4. The quantitative estimate of drug-likeness (QED) is 0.275. The molecule has 40 heavy (non-hydrogen) atoms. The van der Waals surface area contributed by atoms with Gasteiger partial charge in [-0.2, -0.15) is 20.5 Å². The van der Waals surface area contributed by atoms with Gasteiger partial charge in [-0.25, -0.2) is 4.98 Å². The van der Waals surface area contributed by atoms with Gasteiger partial charge < -0.3 is 19.4 Å². The lowest BCUT2D eigenvalue weighted by molar-refractivity contribution is -0.0665. The molecule has 0 atom stereocenters. The Morgan fingerprint density at radius 2 is 1.73 bits per heavy atom. The molecule has 0 radical (unpaired) electrons. The maximum Gasteiger partial charge on any atom is 0.250 e. The number of hydrogen-bond donors (Lipinski definition) is 1. The first kappa shape index (κ1) is 25.4. The second-order valence-corrected chi connectivity index (χ2v) is 11.0. The number of hydrogen-bond acceptors (Lipinski definition) is 8. The van der Waals surface area contributed by atoms with E-state index in [4.69, 9.17) is 29.7 Å². The topological polar surface area (TPSA) is 122 Å². The highest BCUT2D eigenvalue weighted by molar-refractivity contribution is 5.79. The fourth-order valence-electron chi connectivity index (χ4n) is 6.09. The van der Waals surface area contributed by atoms with Gasteiger partial charge in [0.2, 0.25) is 5.95 Å². The fourth-order valence-corrected chi connectivity index (χ4v) is 6.09. The smallest absolute Gasteiger partial charge is 0.250 e. The number of aromatic nitrogens is 4. The summed E-state index contributed by atoms with van der Waals surface area (Å²) in [5.74, 6) is 3.15. The van der Waals surface area contributed by atoms with Gasteiger partial charge in [0.1, 0.15) is 17.3 Å². The van der Waals surface area contributed by atoms with Crippen LogP contribution in [0, 0.1) is 48.8 Å². The zero-order valence-electron chi connectivity index (χ0n) is 22.9. The van der Waals surface area contributed by atoms with Gasteiger partial charge >= 0.3 is 0 Å². The SMILES string of the molecule is COc1ccc(Cn2c(C)nc3nc(NC45CC(C#N)(C4)C5)nc(Oc4c(C)cc(/C=C/C#N)cc4C)c32)cc1. The van der Waals surface area contributed by atoms with E-state index in [0.29, 0.717) is 35.3 Å². The lowest BCUT2D eigenvalue weighted by Crippen LogP contribution is -2.70. The predicted molar refractivity (Wildman–Crippen MR) is 151 cm³/mol. The van der Waals surface area contributed by atoms with E-state index in [2.05, 4.69) is 16.0 Å². The van der Waals surface area contributed by atoms with Crippen LogP contribution in [-0.2, 0) is 6.54 Å². The predicted octanol–water partition coefficient (Wildman–Crippen LogP) is 6.00. The number of nitrogens with zero attached hydrogens (tertiary/aromatic N) is 6. The van der Waals surface area contributed by atoms with Crippen molar-refractivity contribution < 1.29 is 9.47 Å². The average molecular weight is 532 g/mol. The van der Waals surface area contributed by atoms with Gasteiger partial charge in [-0.3, -0.25) is 0 Å². The summed E-state index contributed by atoms with van der Waals surface area (Å²) in [5.41, 5.74) is 4.77. The molecule has 2 aromatic carbocycles. The average Bonchev–Trinajstić information content (AvgIpc) is 3.21. The number of aryl methyl sites for hydroxylation is 3. The third kappa shape index (κ3) is 4.30. The minimum absolute atomic E-state index is 0.137. The Balaban J connectivity index is 1.42. The summed E-state index contributed by atoms with van der Waals surface area (Å²) in [5, 5.41) is 21.9. The van der Waals surface area contributed by atoms with Gasteiger partial charge in [0.05, 0.1) is 24.7 Å². The minimum atomic E-state index is -0.192. The first-order valence-electron chi connectivity index (χ1n) is 13.2. The Bertz CT molecular complexity index is 1710. The number of rotatable bonds is 8. The molecule has 7 rings (SSSR count). The van der Waals surface area contributed by atoms with Crippen LogP contribution in [0.15, 0.2) is 42.5 Å². The Morgan fingerprint density at radius 3 is 2.35 bits per heavy atom. The van der Waals surface area contributed by atoms with Crippen LogP contribution in [-0.4, -0.2) is 32.2 Å². The van der Waals surface area contributed by atoms with E-state index >= 15 is 0 Å². The maximum absolute atomic E-state index is 9.45. The second-order valence-electron chi connectivity index (χ2n) is 11.0. The van der Waals surface area contributed by atoms with Crippen LogP contribution >= 0.6 is 0 Å². The van der Waals surface area contributed by atoms with E-state index in [9.17, 15) is 5.26 Å². The minimum Gasteiger partial charge on any atom is -0.497 e. The number of imidazole rings is 1. The Labute approximate surface area is 232 Å². The molecule has 200 valence electrons. The second kappa shape index (κ2) is 9.39. The zero-order chi connectivity index (χ0) is 28.1.